The normalized spacial score (nSPS) is 15.8. The lowest BCUT2D eigenvalue weighted by atomic mass is 9.34. The maximum absolute atomic E-state index is 5.24. The SMILES string of the molecule is C1=CC=NC2=C(C=C1)CC(c1ccccc1)c1c2c2cccc3c2n1-c1cc(-c2ccccn2)cc2c1B3c1cccc3c4c5nccnc5n(-c5ccccc5)c4n-2c13. The minimum absolute atomic E-state index is 0.0228. The smallest absolute Gasteiger partial charge is 0.252 e. The second-order valence-electron chi connectivity index (χ2n) is 16.2. The van der Waals surface area contributed by atoms with Gasteiger partial charge in [0.2, 0.25) is 0 Å². The van der Waals surface area contributed by atoms with Gasteiger partial charge in [0.05, 0.1) is 22.3 Å². The molecule has 8 heteroatoms. The number of para-hydroxylation sites is 3. The Bertz CT molecular complexity index is 3620. The molecule has 0 radical (unpaired) electrons. The third kappa shape index (κ3) is 4.09. The van der Waals surface area contributed by atoms with Gasteiger partial charge in [0.15, 0.2) is 5.65 Å². The number of aliphatic imine (C=N–C) groups is 1. The van der Waals surface area contributed by atoms with Crippen molar-refractivity contribution in [3.05, 3.63) is 193 Å². The first-order chi connectivity index (χ1) is 29.8. The lowest BCUT2D eigenvalue weighted by molar-refractivity contribution is 0.743. The van der Waals surface area contributed by atoms with E-state index in [0.717, 1.165) is 56.9 Å². The van der Waals surface area contributed by atoms with Gasteiger partial charge < -0.3 is 4.57 Å². The summed E-state index contributed by atoms with van der Waals surface area (Å²) in [5.41, 5.74) is 20.6. The zero-order valence-electron chi connectivity index (χ0n) is 32.2. The van der Waals surface area contributed by atoms with E-state index < -0.39 is 0 Å². The number of hydrogen-bond acceptors (Lipinski definition) is 4. The number of rotatable bonds is 3. The molecule has 0 N–H and O–H groups in total. The van der Waals surface area contributed by atoms with Crippen molar-refractivity contribution in [3.8, 4) is 28.3 Å². The molecule has 278 valence electrons. The first kappa shape index (κ1) is 32.2. The summed E-state index contributed by atoms with van der Waals surface area (Å²) < 4.78 is 7.45. The fourth-order valence-corrected chi connectivity index (χ4v) is 11.0. The molecule has 0 amide bonds. The van der Waals surface area contributed by atoms with Crippen LogP contribution in [0.3, 0.4) is 0 Å². The predicted molar refractivity (Wildman–Crippen MR) is 245 cm³/mol. The number of nitrogens with zero attached hydrogens (tertiary/aromatic N) is 7. The molecule has 60 heavy (non-hydrogen) atoms. The van der Waals surface area contributed by atoms with Crippen molar-refractivity contribution in [2.45, 2.75) is 12.3 Å². The number of aromatic nitrogens is 6. The summed E-state index contributed by atoms with van der Waals surface area (Å²) in [6.07, 6.45) is 16.8. The maximum Gasteiger partial charge on any atom is 0.252 e. The van der Waals surface area contributed by atoms with Gasteiger partial charge in [-0.05, 0) is 76.4 Å². The van der Waals surface area contributed by atoms with Gasteiger partial charge in [-0.1, -0.05) is 109 Å². The largest absolute Gasteiger partial charge is 0.313 e. The van der Waals surface area contributed by atoms with Crippen LogP contribution >= 0.6 is 0 Å². The van der Waals surface area contributed by atoms with E-state index in [1.807, 2.05) is 30.8 Å². The molecule has 0 bridgehead atoms. The zero-order valence-corrected chi connectivity index (χ0v) is 32.2. The minimum atomic E-state index is -0.0228. The highest BCUT2D eigenvalue weighted by Crippen LogP contribution is 2.50. The van der Waals surface area contributed by atoms with Crippen LogP contribution in [0.1, 0.15) is 29.2 Å². The van der Waals surface area contributed by atoms with Crippen LogP contribution in [0.5, 0.6) is 0 Å². The maximum atomic E-state index is 5.24. The minimum Gasteiger partial charge on any atom is -0.313 e. The van der Waals surface area contributed by atoms with E-state index in [4.69, 9.17) is 19.9 Å². The van der Waals surface area contributed by atoms with Crippen molar-refractivity contribution in [1.29, 1.82) is 0 Å². The third-order valence-corrected chi connectivity index (χ3v) is 13.2. The molecule has 0 saturated carbocycles. The Morgan fingerprint density at radius 3 is 2.18 bits per heavy atom. The Morgan fingerprint density at radius 2 is 1.37 bits per heavy atom. The predicted octanol–water partition coefficient (Wildman–Crippen LogP) is 9.11. The van der Waals surface area contributed by atoms with Gasteiger partial charge in [0.25, 0.3) is 6.71 Å². The van der Waals surface area contributed by atoms with E-state index in [9.17, 15) is 0 Å². The standard InChI is InChI=1S/C52H32BN7/c1-4-14-31(15-5-1)37-28-32-16-6-3-10-25-55-46(32)43-35-19-12-21-38-48(35)59(50(37)43)41-29-33(40-23-9-11-24-54-40)30-42-45(41)53(38)39-22-13-20-36-44-47-51(57-27-26-56-47)58(34-17-7-2-8-18-34)52(44)60(42)49(36)39/h1-27,29-30,37H,28H2. The van der Waals surface area contributed by atoms with Gasteiger partial charge >= 0.3 is 0 Å². The third-order valence-electron chi connectivity index (χ3n) is 13.2. The number of fused-ring (bicyclic) bond motifs is 13. The summed E-state index contributed by atoms with van der Waals surface area (Å²) in [5, 5.41) is 3.52. The molecule has 1 unspecified atom stereocenters. The number of benzene rings is 5. The quantitative estimate of drug-likeness (QED) is 0.169. The second kappa shape index (κ2) is 11.9. The number of allylic oxidation sites excluding steroid dienone is 5. The van der Waals surface area contributed by atoms with Crippen LogP contribution < -0.4 is 16.4 Å². The summed E-state index contributed by atoms with van der Waals surface area (Å²) in [4.78, 5) is 20.3. The number of hydrogen-bond donors (Lipinski definition) is 0. The molecule has 1 aliphatic carbocycles. The highest BCUT2D eigenvalue weighted by molar-refractivity contribution is 7.00. The summed E-state index contributed by atoms with van der Waals surface area (Å²) in [7, 11) is 0. The molecule has 8 heterocycles. The van der Waals surface area contributed by atoms with Crippen molar-refractivity contribution in [1.82, 2.24) is 28.7 Å². The summed E-state index contributed by atoms with van der Waals surface area (Å²) in [6, 6.07) is 46.4. The molecule has 5 aromatic carbocycles. The van der Waals surface area contributed by atoms with Crippen LogP contribution in [0.4, 0.5) is 0 Å². The molecule has 14 rings (SSSR count). The molecule has 4 aliphatic rings. The van der Waals surface area contributed by atoms with Crippen LogP contribution in [-0.4, -0.2) is 41.6 Å². The van der Waals surface area contributed by atoms with E-state index in [-0.39, 0.29) is 12.6 Å². The van der Waals surface area contributed by atoms with Crippen molar-refractivity contribution in [3.63, 3.8) is 0 Å². The summed E-state index contributed by atoms with van der Waals surface area (Å²) >= 11 is 0. The van der Waals surface area contributed by atoms with Crippen LogP contribution in [-0.2, 0) is 0 Å². The van der Waals surface area contributed by atoms with Crippen LogP contribution in [0.2, 0.25) is 0 Å². The van der Waals surface area contributed by atoms with Gasteiger partial charge in [-0.2, -0.15) is 0 Å². The molecule has 7 nitrogen and oxygen atoms in total. The Labute approximate surface area is 344 Å². The monoisotopic (exact) mass is 765 g/mol. The fourth-order valence-electron chi connectivity index (χ4n) is 11.0. The molecule has 0 spiro atoms. The number of pyridine rings is 1. The van der Waals surface area contributed by atoms with E-state index in [1.165, 1.54) is 66.3 Å². The lowest BCUT2D eigenvalue weighted by Gasteiger charge is -2.35. The highest BCUT2D eigenvalue weighted by atomic mass is 15.2. The average Bonchev–Trinajstić information content (AvgIpc) is 3.94. The van der Waals surface area contributed by atoms with Crippen LogP contribution in [0.15, 0.2) is 181 Å². The first-order valence-corrected chi connectivity index (χ1v) is 20.6. The molecular formula is C52H32BN7. The van der Waals surface area contributed by atoms with Gasteiger partial charge in [-0.3, -0.25) is 24.1 Å². The molecule has 3 aliphatic heterocycles. The summed E-state index contributed by atoms with van der Waals surface area (Å²) in [5.74, 6) is 0.0905. The highest BCUT2D eigenvalue weighted by Gasteiger charge is 2.44. The Hall–Kier alpha value is -7.84. The first-order valence-electron chi connectivity index (χ1n) is 20.6. The van der Waals surface area contributed by atoms with Crippen molar-refractivity contribution >= 4 is 79.0 Å². The summed E-state index contributed by atoms with van der Waals surface area (Å²) in [6.45, 7) is -0.0228. The van der Waals surface area contributed by atoms with Crippen molar-refractivity contribution < 1.29 is 0 Å². The van der Waals surface area contributed by atoms with Gasteiger partial charge in [0, 0.05) is 80.9 Å². The zero-order chi connectivity index (χ0) is 39.1. The van der Waals surface area contributed by atoms with Crippen molar-refractivity contribution in [2.24, 2.45) is 4.99 Å². The van der Waals surface area contributed by atoms with E-state index in [2.05, 4.69) is 153 Å². The van der Waals surface area contributed by atoms with Gasteiger partial charge in [-0.25, -0.2) is 4.98 Å². The van der Waals surface area contributed by atoms with Gasteiger partial charge in [0.1, 0.15) is 11.2 Å². The van der Waals surface area contributed by atoms with Gasteiger partial charge in [-0.15, -0.1) is 0 Å². The Morgan fingerprint density at radius 1 is 0.617 bits per heavy atom. The molecule has 1 atom stereocenters. The average molecular weight is 766 g/mol. The molecule has 0 fully saturated rings. The Balaban J connectivity index is 1.20. The van der Waals surface area contributed by atoms with E-state index >= 15 is 0 Å². The topological polar surface area (TPSA) is 65.8 Å². The molecule has 0 saturated heterocycles. The Kier molecular flexibility index (Phi) is 6.36. The van der Waals surface area contributed by atoms with Crippen molar-refractivity contribution in [2.75, 3.05) is 0 Å². The van der Waals surface area contributed by atoms with E-state index in [0.29, 0.717) is 0 Å². The van der Waals surface area contributed by atoms with Crippen LogP contribution in [0.25, 0.3) is 78.0 Å². The van der Waals surface area contributed by atoms with Crippen LogP contribution in [0, 0.1) is 0 Å². The lowest BCUT2D eigenvalue weighted by Crippen LogP contribution is -2.59. The molecular weight excluding hydrogens is 733 g/mol. The second-order valence-corrected chi connectivity index (χ2v) is 16.2. The molecule has 10 aromatic rings. The fraction of sp³-hybridized carbons (Fsp3) is 0.0385. The molecule has 5 aromatic heterocycles. The van der Waals surface area contributed by atoms with E-state index in [1.54, 1.807) is 6.20 Å².